The number of methoxy groups -OCH3 is 1. The van der Waals surface area contributed by atoms with Crippen LogP contribution < -0.4 is 9.64 Å². The number of carbonyl (C=O) groups is 2. The molecule has 0 saturated carbocycles. The van der Waals surface area contributed by atoms with Gasteiger partial charge in [-0.1, -0.05) is 12.1 Å². The van der Waals surface area contributed by atoms with E-state index in [0.29, 0.717) is 29.3 Å². The number of nitrogens with zero attached hydrogens (tertiary/aromatic N) is 2. The highest BCUT2D eigenvalue weighted by atomic mass is 32.2. The maximum Gasteiger partial charge on any atom is 0.291 e. The van der Waals surface area contributed by atoms with Crippen LogP contribution in [-0.4, -0.2) is 36.1 Å². The average Bonchev–Trinajstić information content (AvgIpc) is 3.52. The molecule has 0 radical (unpaired) electrons. The Kier molecular flexibility index (Phi) is 4.74. The predicted octanol–water partition coefficient (Wildman–Crippen LogP) is 4.02. The van der Waals surface area contributed by atoms with E-state index < -0.39 is 4.87 Å². The summed E-state index contributed by atoms with van der Waals surface area (Å²) in [6.07, 6.45) is 1.44. The molecule has 1 unspecified atom stereocenters. The number of fused-ring (bicyclic) bond motifs is 2. The first kappa shape index (κ1) is 19.7. The maximum atomic E-state index is 13.9. The highest BCUT2D eigenvalue weighted by Gasteiger charge is 2.60. The van der Waals surface area contributed by atoms with Crippen LogP contribution in [0.5, 0.6) is 5.75 Å². The molecule has 1 atom stereocenters. The van der Waals surface area contributed by atoms with E-state index in [1.165, 1.54) is 30.2 Å². The number of anilines is 1. The van der Waals surface area contributed by atoms with Crippen molar-refractivity contribution in [1.82, 2.24) is 4.90 Å². The molecule has 1 spiro atoms. The minimum absolute atomic E-state index is 0.191. The molecule has 0 N–H and O–H groups in total. The number of hydrogen-bond acceptors (Lipinski definition) is 5. The van der Waals surface area contributed by atoms with Gasteiger partial charge in [0.2, 0.25) is 0 Å². The minimum atomic E-state index is -1.20. The van der Waals surface area contributed by atoms with Crippen LogP contribution in [0.15, 0.2) is 65.3 Å². The van der Waals surface area contributed by atoms with Gasteiger partial charge in [-0.3, -0.25) is 9.59 Å². The van der Waals surface area contributed by atoms with Crippen molar-refractivity contribution < 1.29 is 23.1 Å². The fourth-order valence-corrected chi connectivity index (χ4v) is 5.64. The van der Waals surface area contributed by atoms with E-state index in [9.17, 15) is 14.0 Å². The molecule has 1 fully saturated rings. The topological polar surface area (TPSA) is 63.0 Å². The van der Waals surface area contributed by atoms with Gasteiger partial charge < -0.3 is 19.0 Å². The molecule has 31 heavy (non-hydrogen) atoms. The molecule has 5 rings (SSSR count). The summed E-state index contributed by atoms with van der Waals surface area (Å²) < 4.78 is 24.1. The van der Waals surface area contributed by atoms with Crippen LogP contribution in [0.25, 0.3) is 0 Å². The maximum absolute atomic E-state index is 13.9. The zero-order chi connectivity index (χ0) is 21.6. The molecule has 3 heterocycles. The Morgan fingerprint density at radius 1 is 1.23 bits per heavy atom. The van der Waals surface area contributed by atoms with Crippen LogP contribution in [0.4, 0.5) is 10.1 Å². The monoisotopic (exact) mass is 438 g/mol. The van der Waals surface area contributed by atoms with Crippen LogP contribution in [0.1, 0.15) is 21.7 Å². The number of rotatable bonds is 4. The molecule has 158 valence electrons. The third kappa shape index (κ3) is 3.01. The fraction of sp³-hybridized carbons (Fsp3) is 0.217. The Labute approximate surface area is 182 Å². The number of furan rings is 1. The van der Waals surface area contributed by atoms with E-state index in [4.69, 9.17) is 9.15 Å². The summed E-state index contributed by atoms with van der Waals surface area (Å²) in [6, 6.07) is 14.8. The average molecular weight is 438 g/mol. The third-order valence-corrected chi connectivity index (χ3v) is 7.05. The normalized spacial score (nSPS) is 19.9. The van der Waals surface area contributed by atoms with E-state index in [2.05, 4.69) is 0 Å². The van der Waals surface area contributed by atoms with Crippen molar-refractivity contribution in [3.63, 3.8) is 0 Å². The lowest BCUT2D eigenvalue weighted by atomic mass is 10.0. The van der Waals surface area contributed by atoms with Gasteiger partial charge in [-0.15, -0.1) is 11.8 Å². The van der Waals surface area contributed by atoms with Crippen molar-refractivity contribution in [2.45, 2.75) is 11.4 Å². The Balaban J connectivity index is 1.61. The standard InChI is InChI=1S/C23H19FN2O4S/c1-29-17-8-9-19-18(13-17)23(22(28)25(19)14-15-4-6-16(24)7-5-15)26(10-12-31-23)21(27)20-3-2-11-30-20/h2-9,11,13H,10,12,14H2,1H3. The number of thioether (sulfide) groups is 1. The van der Waals surface area contributed by atoms with Crippen LogP contribution in [0.2, 0.25) is 0 Å². The van der Waals surface area contributed by atoms with Crippen molar-refractivity contribution in [3.8, 4) is 5.75 Å². The molecular formula is C23H19FN2O4S. The van der Waals surface area contributed by atoms with Gasteiger partial charge in [0.1, 0.15) is 11.6 Å². The Hall–Kier alpha value is -3.26. The number of carbonyl (C=O) groups excluding carboxylic acids is 2. The molecule has 2 aromatic carbocycles. The summed E-state index contributed by atoms with van der Waals surface area (Å²) in [6.45, 7) is 0.681. The lowest BCUT2D eigenvalue weighted by Crippen LogP contribution is -2.50. The number of hydrogen-bond donors (Lipinski definition) is 0. The van der Waals surface area contributed by atoms with E-state index in [1.807, 2.05) is 12.1 Å². The lowest BCUT2D eigenvalue weighted by molar-refractivity contribution is -0.123. The summed E-state index contributed by atoms with van der Waals surface area (Å²) >= 11 is 1.43. The molecule has 3 aromatic rings. The van der Waals surface area contributed by atoms with E-state index in [0.717, 1.165) is 5.56 Å². The second kappa shape index (κ2) is 7.46. The largest absolute Gasteiger partial charge is 0.497 e. The SMILES string of the molecule is COc1ccc2c(c1)C1(SCCN1C(=O)c1ccco1)C(=O)N2Cc1ccc(F)cc1. The first-order chi connectivity index (χ1) is 15.0. The summed E-state index contributed by atoms with van der Waals surface area (Å²) in [5.41, 5.74) is 2.21. The zero-order valence-electron chi connectivity index (χ0n) is 16.7. The van der Waals surface area contributed by atoms with Gasteiger partial charge >= 0.3 is 0 Å². The summed E-state index contributed by atoms with van der Waals surface area (Å²) in [5.74, 6) is 0.533. The number of amides is 2. The lowest BCUT2D eigenvalue weighted by Gasteiger charge is -2.32. The van der Waals surface area contributed by atoms with Gasteiger partial charge in [0.05, 0.1) is 25.6 Å². The third-order valence-electron chi connectivity index (χ3n) is 5.63. The fourth-order valence-electron chi connectivity index (χ4n) is 4.18. The number of benzene rings is 2. The molecule has 2 amide bonds. The van der Waals surface area contributed by atoms with Gasteiger partial charge in [-0.05, 0) is 48.0 Å². The van der Waals surface area contributed by atoms with Gasteiger partial charge in [-0.25, -0.2) is 4.39 Å². The van der Waals surface area contributed by atoms with Crippen molar-refractivity contribution in [1.29, 1.82) is 0 Å². The quantitative estimate of drug-likeness (QED) is 0.616. The highest BCUT2D eigenvalue weighted by molar-refractivity contribution is 8.01. The molecule has 6 nitrogen and oxygen atoms in total. The molecule has 1 aromatic heterocycles. The number of ether oxygens (including phenoxy) is 1. The van der Waals surface area contributed by atoms with Crippen LogP contribution >= 0.6 is 11.8 Å². The van der Waals surface area contributed by atoms with Gasteiger partial charge in [0, 0.05) is 17.9 Å². The molecule has 2 aliphatic rings. The van der Waals surface area contributed by atoms with Gasteiger partial charge in [0.25, 0.3) is 11.8 Å². The van der Waals surface area contributed by atoms with Crippen molar-refractivity contribution in [3.05, 3.63) is 83.6 Å². The van der Waals surface area contributed by atoms with E-state index in [1.54, 1.807) is 47.2 Å². The van der Waals surface area contributed by atoms with Crippen molar-refractivity contribution >= 4 is 29.3 Å². The molecule has 0 bridgehead atoms. The predicted molar refractivity (Wildman–Crippen MR) is 114 cm³/mol. The molecule has 1 saturated heterocycles. The smallest absolute Gasteiger partial charge is 0.291 e. The molecule has 8 heteroatoms. The first-order valence-corrected chi connectivity index (χ1v) is 10.8. The Morgan fingerprint density at radius 2 is 2.03 bits per heavy atom. The van der Waals surface area contributed by atoms with Crippen LogP contribution in [0, 0.1) is 5.82 Å². The molecule has 2 aliphatic heterocycles. The van der Waals surface area contributed by atoms with Gasteiger partial charge in [0.15, 0.2) is 10.6 Å². The van der Waals surface area contributed by atoms with Crippen molar-refractivity contribution in [2.24, 2.45) is 0 Å². The Bertz CT molecular complexity index is 1150. The zero-order valence-corrected chi connectivity index (χ0v) is 17.5. The van der Waals surface area contributed by atoms with E-state index >= 15 is 0 Å². The highest BCUT2D eigenvalue weighted by Crippen LogP contribution is 2.55. The van der Waals surface area contributed by atoms with Gasteiger partial charge in [-0.2, -0.15) is 0 Å². The van der Waals surface area contributed by atoms with Crippen LogP contribution in [-0.2, 0) is 16.2 Å². The van der Waals surface area contributed by atoms with Crippen molar-refractivity contribution in [2.75, 3.05) is 24.3 Å². The second-order valence-electron chi connectivity index (χ2n) is 7.33. The van der Waals surface area contributed by atoms with Crippen LogP contribution in [0.3, 0.4) is 0 Å². The Morgan fingerprint density at radius 3 is 2.74 bits per heavy atom. The summed E-state index contributed by atoms with van der Waals surface area (Å²) in [7, 11) is 1.56. The summed E-state index contributed by atoms with van der Waals surface area (Å²) in [5, 5.41) is 0. The molecular weight excluding hydrogens is 419 g/mol. The minimum Gasteiger partial charge on any atom is -0.497 e. The number of halogens is 1. The second-order valence-corrected chi connectivity index (χ2v) is 8.62. The van der Waals surface area contributed by atoms with E-state index in [-0.39, 0.29) is 29.9 Å². The first-order valence-electron chi connectivity index (χ1n) is 9.79. The summed E-state index contributed by atoms with van der Waals surface area (Å²) in [4.78, 5) is 29.2. The molecule has 0 aliphatic carbocycles.